The first kappa shape index (κ1) is 31.4. The van der Waals surface area contributed by atoms with Crippen molar-refractivity contribution in [1.29, 1.82) is 0 Å². The number of pyridine rings is 2. The van der Waals surface area contributed by atoms with E-state index >= 15 is 0 Å². The number of hydrogen-bond donors (Lipinski definition) is 0. The fourth-order valence-corrected chi connectivity index (χ4v) is 7.32. The number of rotatable bonds is 6. The van der Waals surface area contributed by atoms with Gasteiger partial charge in [-0.05, 0) is 67.7 Å². The first-order valence-corrected chi connectivity index (χ1v) is 18.0. The van der Waals surface area contributed by atoms with Gasteiger partial charge in [-0.3, -0.25) is 9.97 Å². The molecule has 5 nitrogen and oxygen atoms in total. The van der Waals surface area contributed by atoms with Gasteiger partial charge in [-0.25, -0.2) is 15.0 Å². The van der Waals surface area contributed by atoms with Crippen molar-refractivity contribution in [3.05, 3.63) is 188 Å². The first-order valence-electron chi connectivity index (χ1n) is 18.0. The molecule has 3 aromatic heterocycles. The van der Waals surface area contributed by atoms with Crippen LogP contribution in [0.5, 0.6) is 0 Å². The SMILES string of the molecule is c1ccc(-c2ccc(-c3nc(-c4ccccc4)nc(-c4ccc5c6ccc(-c7ccc(-c8cccnc8)cn7)cc6c6ccccc6c5c4)n3)cc2)cc1. The Labute approximate surface area is 312 Å². The third-order valence-electron chi connectivity index (χ3n) is 10.1. The van der Waals surface area contributed by atoms with Crippen LogP contribution in [0, 0.1) is 0 Å². The van der Waals surface area contributed by atoms with Crippen LogP contribution in [0.25, 0.3) is 100.0 Å². The van der Waals surface area contributed by atoms with Gasteiger partial charge in [-0.1, -0.05) is 146 Å². The summed E-state index contributed by atoms with van der Waals surface area (Å²) in [6.45, 7) is 0. The second-order valence-corrected chi connectivity index (χ2v) is 13.4. The molecule has 7 aromatic carbocycles. The van der Waals surface area contributed by atoms with Crippen molar-refractivity contribution in [1.82, 2.24) is 24.9 Å². The molecule has 5 heteroatoms. The summed E-state index contributed by atoms with van der Waals surface area (Å²) < 4.78 is 0. The second kappa shape index (κ2) is 13.3. The van der Waals surface area contributed by atoms with Crippen LogP contribution in [0.2, 0.25) is 0 Å². The van der Waals surface area contributed by atoms with Crippen molar-refractivity contribution in [2.45, 2.75) is 0 Å². The van der Waals surface area contributed by atoms with E-state index in [0.29, 0.717) is 17.5 Å². The Hall–Kier alpha value is -7.37. The Balaban J connectivity index is 1.09. The quantitative estimate of drug-likeness (QED) is 0.163. The molecule has 54 heavy (non-hydrogen) atoms. The number of hydrogen-bond acceptors (Lipinski definition) is 5. The summed E-state index contributed by atoms with van der Waals surface area (Å²) in [4.78, 5) is 24.2. The smallest absolute Gasteiger partial charge is 0.164 e. The minimum Gasteiger partial charge on any atom is -0.264 e. The first-order chi connectivity index (χ1) is 26.7. The molecule has 0 aliphatic carbocycles. The molecular weight excluding hydrogens is 659 g/mol. The van der Waals surface area contributed by atoms with Crippen molar-refractivity contribution in [3.8, 4) is 67.7 Å². The van der Waals surface area contributed by atoms with Crippen molar-refractivity contribution in [3.63, 3.8) is 0 Å². The largest absolute Gasteiger partial charge is 0.264 e. The molecule has 0 atom stereocenters. The molecule has 0 saturated heterocycles. The molecule has 0 saturated carbocycles. The van der Waals surface area contributed by atoms with Crippen LogP contribution in [0.1, 0.15) is 0 Å². The second-order valence-electron chi connectivity index (χ2n) is 13.4. The highest BCUT2D eigenvalue weighted by Gasteiger charge is 2.16. The Morgan fingerprint density at radius 2 is 0.722 bits per heavy atom. The van der Waals surface area contributed by atoms with Crippen molar-refractivity contribution >= 4 is 32.3 Å². The monoisotopic (exact) mass is 689 g/mol. The maximum Gasteiger partial charge on any atom is 0.164 e. The lowest BCUT2D eigenvalue weighted by Crippen LogP contribution is -2.00. The van der Waals surface area contributed by atoms with Crippen LogP contribution in [0.15, 0.2) is 188 Å². The number of aromatic nitrogens is 5. The van der Waals surface area contributed by atoms with Crippen molar-refractivity contribution in [2.24, 2.45) is 0 Å². The topological polar surface area (TPSA) is 64.5 Å². The number of benzene rings is 7. The normalized spacial score (nSPS) is 11.3. The van der Waals surface area contributed by atoms with Gasteiger partial charge in [0.05, 0.1) is 5.69 Å². The predicted octanol–water partition coefficient (Wildman–Crippen LogP) is 12.1. The summed E-state index contributed by atoms with van der Waals surface area (Å²) in [5.41, 5.74) is 9.22. The van der Waals surface area contributed by atoms with Crippen LogP contribution < -0.4 is 0 Å². The summed E-state index contributed by atoms with van der Waals surface area (Å²) in [7, 11) is 0. The van der Waals surface area contributed by atoms with Gasteiger partial charge in [0.15, 0.2) is 17.5 Å². The van der Waals surface area contributed by atoms with E-state index in [4.69, 9.17) is 19.9 Å². The van der Waals surface area contributed by atoms with Crippen molar-refractivity contribution < 1.29 is 0 Å². The van der Waals surface area contributed by atoms with Gasteiger partial charge in [0.2, 0.25) is 0 Å². The van der Waals surface area contributed by atoms with Crippen molar-refractivity contribution in [2.75, 3.05) is 0 Å². The molecule has 10 rings (SSSR count). The van der Waals surface area contributed by atoms with E-state index in [2.05, 4.69) is 132 Å². The van der Waals surface area contributed by atoms with Gasteiger partial charge in [0.25, 0.3) is 0 Å². The molecule has 252 valence electrons. The van der Waals surface area contributed by atoms with E-state index in [1.807, 2.05) is 54.9 Å². The maximum absolute atomic E-state index is 5.09. The zero-order valence-corrected chi connectivity index (χ0v) is 29.1. The van der Waals surface area contributed by atoms with Crippen LogP contribution in [0.3, 0.4) is 0 Å². The molecule has 0 aliphatic rings. The molecule has 0 bridgehead atoms. The van der Waals surface area contributed by atoms with Gasteiger partial charge < -0.3 is 0 Å². The molecule has 0 unspecified atom stereocenters. The van der Waals surface area contributed by atoms with E-state index in [-0.39, 0.29) is 0 Å². The molecule has 0 N–H and O–H groups in total. The van der Waals surface area contributed by atoms with Gasteiger partial charge in [0.1, 0.15) is 0 Å². The summed E-state index contributed by atoms with van der Waals surface area (Å²) in [5, 5.41) is 7.06. The Kier molecular flexibility index (Phi) is 7.73. The van der Waals surface area contributed by atoms with Crippen LogP contribution in [-0.2, 0) is 0 Å². The highest BCUT2D eigenvalue weighted by Crippen LogP contribution is 2.39. The molecule has 10 aromatic rings. The summed E-state index contributed by atoms with van der Waals surface area (Å²) in [5.74, 6) is 1.91. The van der Waals surface area contributed by atoms with Crippen LogP contribution >= 0.6 is 0 Å². The Morgan fingerprint density at radius 3 is 1.33 bits per heavy atom. The van der Waals surface area contributed by atoms with Gasteiger partial charge in [-0.15, -0.1) is 0 Å². The van der Waals surface area contributed by atoms with E-state index in [1.165, 1.54) is 32.5 Å². The molecule has 0 fully saturated rings. The third kappa shape index (κ3) is 5.74. The van der Waals surface area contributed by atoms with E-state index in [0.717, 1.165) is 50.0 Å². The minimum atomic E-state index is 0.633. The molecular formula is C49H31N5. The minimum absolute atomic E-state index is 0.633. The van der Waals surface area contributed by atoms with E-state index in [1.54, 1.807) is 6.20 Å². The molecule has 3 heterocycles. The maximum atomic E-state index is 5.09. The fourth-order valence-electron chi connectivity index (χ4n) is 7.32. The lowest BCUT2D eigenvalue weighted by molar-refractivity contribution is 1.07. The molecule has 0 aliphatic heterocycles. The Bertz CT molecular complexity index is 2930. The standard InChI is InChI=1S/C49H31N5/c1-3-10-32(11-4-1)33-17-19-35(20-18-33)48-52-47(34-12-5-2-6-13-34)53-49(54-48)37-22-25-43-42-24-21-36(28-44(42)40-15-7-8-16-41(40)45(43)29-37)46-26-23-39(31-51-46)38-14-9-27-50-30-38/h1-31H. The predicted molar refractivity (Wildman–Crippen MR) is 221 cm³/mol. The molecule has 0 spiro atoms. The van der Waals surface area contributed by atoms with Crippen LogP contribution in [0.4, 0.5) is 0 Å². The van der Waals surface area contributed by atoms with Crippen LogP contribution in [-0.4, -0.2) is 24.9 Å². The van der Waals surface area contributed by atoms with Gasteiger partial charge >= 0.3 is 0 Å². The van der Waals surface area contributed by atoms with E-state index in [9.17, 15) is 0 Å². The third-order valence-corrected chi connectivity index (χ3v) is 10.1. The summed E-state index contributed by atoms with van der Waals surface area (Å²) in [6, 6.07) is 59.0. The molecule has 0 amide bonds. The summed E-state index contributed by atoms with van der Waals surface area (Å²) >= 11 is 0. The zero-order chi connectivity index (χ0) is 35.8. The average Bonchev–Trinajstić information content (AvgIpc) is 3.27. The van der Waals surface area contributed by atoms with E-state index < -0.39 is 0 Å². The number of nitrogens with zero attached hydrogens (tertiary/aromatic N) is 5. The lowest BCUT2D eigenvalue weighted by atomic mass is 9.91. The lowest BCUT2D eigenvalue weighted by Gasteiger charge is -2.14. The zero-order valence-electron chi connectivity index (χ0n) is 29.1. The average molecular weight is 690 g/mol. The fraction of sp³-hybridized carbons (Fsp3) is 0. The highest BCUT2D eigenvalue weighted by atomic mass is 15.0. The number of fused-ring (bicyclic) bond motifs is 6. The highest BCUT2D eigenvalue weighted by molar-refractivity contribution is 6.26. The molecule has 0 radical (unpaired) electrons. The van der Waals surface area contributed by atoms with Gasteiger partial charge in [-0.2, -0.15) is 0 Å². The van der Waals surface area contributed by atoms with Gasteiger partial charge in [0, 0.05) is 52.0 Å². The summed E-state index contributed by atoms with van der Waals surface area (Å²) in [6.07, 6.45) is 5.57. The Morgan fingerprint density at radius 1 is 0.278 bits per heavy atom.